The van der Waals surface area contributed by atoms with Gasteiger partial charge in [0.2, 0.25) is 0 Å². The molecule has 0 bridgehead atoms. The average molecular weight is 484 g/mol. The Kier molecular flexibility index (Phi) is 9.33. The number of pyridine rings is 1. The number of hydrogen-bond acceptors (Lipinski definition) is 4. The molecular formula is C20H33IN6. The molecule has 2 aliphatic rings. The number of hydrogen-bond donors (Lipinski definition) is 2. The van der Waals surface area contributed by atoms with Gasteiger partial charge in [0.1, 0.15) is 5.82 Å². The van der Waals surface area contributed by atoms with Crippen LogP contribution in [0.5, 0.6) is 0 Å². The lowest BCUT2D eigenvalue weighted by atomic mass is 10.2. The first-order valence-electron chi connectivity index (χ1n) is 9.90. The van der Waals surface area contributed by atoms with E-state index in [1.807, 2.05) is 6.20 Å². The first-order chi connectivity index (χ1) is 12.8. The third-order valence-corrected chi connectivity index (χ3v) is 5.07. The van der Waals surface area contributed by atoms with Crippen LogP contribution in [0, 0.1) is 0 Å². The van der Waals surface area contributed by atoms with Gasteiger partial charge in [-0.2, -0.15) is 0 Å². The van der Waals surface area contributed by atoms with Crippen LogP contribution in [-0.4, -0.2) is 61.2 Å². The standard InChI is InChI=1S/C20H32N6.HI/c1-3-21-20(24-18-7-5-6-8-18)23-16-17-9-10-19(22-15-17)26-13-11-25(4-2)12-14-26;/h5-6,9-10,15,18H,3-4,7-8,11-14,16H2,1-2H3,(H2,21,23,24);1H. The van der Waals surface area contributed by atoms with Gasteiger partial charge in [-0.1, -0.05) is 25.1 Å². The number of likely N-dealkylation sites (N-methyl/N-ethyl adjacent to an activating group) is 1. The second-order valence-corrected chi connectivity index (χ2v) is 6.93. The average Bonchev–Trinajstić information content (AvgIpc) is 3.20. The number of guanidine groups is 1. The first-order valence-corrected chi connectivity index (χ1v) is 9.90. The normalized spacial score (nSPS) is 18.4. The van der Waals surface area contributed by atoms with Crippen molar-refractivity contribution in [2.75, 3.05) is 44.2 Å². The lowest BCUT2D eigenvalue weighted by Crippen LogP contribution is -2.46. The summed E-state index contributed by atoms with van der Waals surface area (Å²) in [6.07, 6.45) is 8.57. The summed E-state index contributed by atoms with van der Waals surface area (Å²) in [5, 5.41) is 6.83. The van der Waals surface area contributed by atoms with Crippen molar-refractivity contribution in [1.82, 2.24) is 20.5 Å². The number of aromatic nitrogens is 1. The van der Waals surface area contributed by atoms with E-state index in [0.717, 1.165) is 69.5 Å². The summed E-state index contributed by atoms with van der Waals surface area (Å²) < 4.78 is 0. The number of halogens is 1. The largest absolute Gasteiger partial charge is 0.357 e. The highest BCUT2D eigenvalue weighted by Gasteiger charge is 2.16. The molecule has 0 unspecified atom stereocenters. The quantitative estimate of drug-likeness (QED) is 0.282. The lowest BCUT2D eigenvalue weighted by Gasteiger charge is -2.34. The van der Waals surface area contributed by atoms with Gasteiger partial charge in [0, 0.05) is 45.0 Å². The molecule has 0 spiro atoms. The van der Waals surface area contributed by atoms with Gasteiger partial charge in [-0.25, -0.2) is 9.98 Å². The zero-order valence-corrected chi connectivity index (χ0v) is 18.9. The van der Waals surface area contributed by atoms with Crippen molar-refractivity contribution in [2.45, 2.75) is 39.3 Å². The van der Waals surface area contributed by atoms with Gasteiger partial charge < -0.3 is 20.4 Å². The molecule has 0 radical (unpaired) electrons. The highest BCUT2D eigenvalue weighted by molar-refractivity contribution is 14.0. The molecule has 7 heteroatoms. The van der Waals surface area contributed by atoms with Crippen molar-refractivity contribution < 1.29 is 0 Å². The summed E-state index contributed by atoms with van der Waals surface area (Å²) in [6, 6.07) is 4.75. The van der Waals surface area contributed by atoms with Crippen LogP contribution in [0.4, 0.5) is 5.82 Å². The molecule has 3 rings (SSSR count). The van der Waals surface area contributed by atoms with Gasteiger partial charge in [-0.3, -0.25) is 0 Å². The fourth-order valence-electron chi connectivity index (χ4n) is 3.41. The molecule has 1 aromatic heterocycles. The maximum atomic E-state index is 4.72. The van der Waals surface area contributed by atoms with E-state index in [1.165, 1.54) is 0 Å². The van der Waals surface area contributed by atoms with Gasteiger partial charge >= 0.3 is 0 Å². The smallest absolute Gasteiger partial charge is 0.191 e. The van der Waals surface area contributed by atoms with Crippen LogP contribution < -0.4 is 15.5 Å². The third kappa shape index (κ3) is 6.64. The molecule has 1 saturated heterocycles. The molecule has 2 heterocycles. The molecule has 0 saturated carbocycles. The molecule has 1 aliphatic heterocycles. The minimum absolute atomic E-state index is 0. The van der Waals surface area contributed by atoms with Crippen molar-refractivity contribution >= 4 is 35.8 Å². The Bertz CT molecular complexity index is 599. The van der Waals surface area contributed by atoms with E-state index in [4.69, 9.17) is 4.99 Å². The van der Waals surface area contributed by atoms with E-state index >= 15 is 0 Å². The van der Waals surface area contributed by atoms with Gasteiger partial charge in [-0.15, -0.1) is 24.0 Å². The van der Waals surface area contributed by atoms with Gasteiger partial charge in [0.25, 0.3) is 0 Å². The number of nitrogens with zero attached hydrogens (tertiary/aromatic N) is 4. The summed E-state index contributed by atoms with van der Waals surface area (Å²) in [5.74, 6) is 1.97. The first kappa shape index (κ1) is 21.9. The van der Waals surface area contributed by atoms with Crippen LogP contribution in [-0.2, 0) is 6.54 Å². The predicted octanol–water partition coefficient (Wildman–Crippen LogP) is 2.62. The second kappa shape index (κ2) is 11.5. The van der Waals surface area contributed by atoms with Gasteiger partial charge in [0.05, 0.1) is 6.54 Å². The molecule has 0 amide bonds. The third-order valence-electron chi connectivity index (χ3n) is 5.07. The molecular weight excluding hydrogens is 451 g/mol. The van der Waals surface area contributed by atoms with Crippen LogP contribution in [0.25, 0.3) is 0 Å². The zero-order chi connectivity index (χ0) is 18.2. The Morgan fingerprint density at radius 2 is 1.89 bits per heavy atom. The maximum absolute atomic E-state index is 4.72. The summed E-state index contributed by atoms with van der Waals surface area (Å²) in [5.41, 5.74) is 1.14. The van der Waals surface area contributed by atoms with E-state index in [9.17, 15) is 0 Å². The van der Waals surface area contributed by atoms with Crippen LogP contribution >= 0.6 is 24.0 Å². The molecule has 6 nitrogen and oxygen atoms in total. The Morgan fingerprint density at radius 1 is 1.15 bits per heavy atom. The fourth-order valence-corrected chi connectivity index (χ4v) is 3.41. The van der Waals surface area contributed by atoms with Crippen LogP contribution in [0.1, 0.15) is 32.3 Å². The Hall–Kier alpha value is -1.35. The number of rotatable bonds is 6. The highest BCUT2D eigenvalue weighted by atomic mass is 127. The molecule has 1 fully saturated rings. The lowest BCUT2D eigenvalue weighted by molar-refractivity contribution is 0.270. The van der Waals surface area contributed by atoms with Crippen LogP contribution in [0.15, 0.2) is 35.5 Å². The molecule has 0 aromatic carbocycles. The van der Waals surface area contributed by atoms with Crippen LogP contribution in [0.2, 0.25) is 0 Å². The molecule has 1 aromatic rings. The Labute approximate surface area is 180 Å². The number of piperazine rings is 1. The van der Waals surface area contributed by atoms with E-state index < -0.39 is 0 Å². The van der Waals surface area contributed by atoms with E-state index in [-0.39, 0.29) is 24.0 Å². The van der Waals surface area contributed by atoms with Crippen molar-refractivity contribution in [3.8, 4) is 0 Å². The minimum atomic E-state index is 0. The SMILES string of the molecule is CCNC(=NCc1ccc(N2CCN(CC)CC2)nc1)NC1CC=CC1.I. The van der Waals surface area contributed by atoms with Crippen molar-refractivity contribution in [3.63, 3.8) is 0 Å². The van der Waals surface area contributed by atoms with E-state index in [0.29, 0.717) is 12.6 Å². The van der Waals surface area contributed by atoms with Gasteiger partial charge in [0.15, 0.2) is 5.96 Å². The number of anilines is 1. The maximum Gasteiger partial charge on any atom is 0.191 e. The summed E-state index contributed by atoms with van der Waals surface area (Å²) in [6.45, 7) is 11.3. The zero-order valence-electron chi connectivity index (χ0n) is 16.5. The fraction of sp³-hybridized carbons (Fsp3) is 0.600. The number of nitrogens with one attached hydrogen (secondary N) is 2. The second-order valence-electron chi connectivity index (χ2n) is 6.93. The van der Waals surface area contributed by atoms with E-state index in [2.05, 4.69) is 63.5 Å². The Morgan fingerprint density at radius 3 is 2.48 bits per heavy atom. The monoisotopic (exact) mass is 484 g/mol. The van der Waals surface area contributed by atoms with Crippen LogP contribution in [0.3, 0.4) is 0 Å². The molecule has 1 aliphatic carbocycles. The van der Waals surface area contributed by atoms with E-state index in [1.54, 1.807) is 0 Å². The highest BCUT2D eigenvalue weighted by Crippen LogP contribution is 2.14. The minimum Gasteiger partial charge on any atom is -0.357 e. The Balaban J connectivity index is 0.00000261. The van der Waals surface area contributed by atoms with Gasteiger partial charge in [-0.05, 0) is 37.9 Å². The summed E-state index contributed by atoms with van der Waals surface area (Å²) >= 11 is 0. The molecule has 0 atom stereocenters. The topological polar surface area (TPSA) is 55.8 Å². The molecule has 150 valence electrons. The summed E-state index contributed by atoms with van der Waals surface area (Å²) in [7, 11) is 0. The molecule has 2 N–H and O–H groups in total. The number of aliphatic imine (C=N–C) groups is 1. The predicted molar refractivity (Wildman–Crippen MR) is 124 cm³/mol. The van der Waals surface area contributed by atoms with Crippen molar-refractivity contribution in [2.24, 2.45) is 4.99 Å². The van der Waals surface area contributed by atoms with Crippen molar-refractivity contribution in [1.29, 1.82) is 0 Å². The summed E-state index contributed by atoms with van der Waals surface area (Å²) in [4.78, 5) is 14.2. The van der Waals surface area contributed by atoms with Crippen molar-refractivity contribution in [3.05, 3.63) is 36.0 Å². The molecule has 27 heavy (non-hydrogen) atoms.